The molecule has 0 saturated carbocycles. The molecule has 38 heavy (non-hydrogen) atoms. The van der Waals surface area contributed by atoms with Gasteiger partial charge >= 0.3 is 18.1 Å². The average molecular weight is 530 g/mol. The Balaban J connectivity index is 1.66. The first-order valence-corrected chi connectivity index (χ1v) is 11.2. The number of hydrogen-bond acceptors (Lipinski definition) is 7. The van der Waals surface area contributed by atoms with E-state index in [-0.39, 0.29) is 34.6 Å². The van der Waals surface area contributed by atoms with Crippen molar-refractivity contribution in [3.8, 4) is 17.2 Å². The lowest BCUT2D eigenvalue weighted by Crippen LogP contribution is -2.16. The van der Waals surface area contributed by atoms with Crippen LogP contribution in [-0.2, 0) is 10.9 Å². The second-order valence-electron chi connectivity index (χ2n) is 7.91. The van der Waals surface area contributed by atoms with Crippen molar-refractivity contribution in [1.82, 2.24) is 0 Å². The summed E-state index contributed by atoms with van der Waals surface area (Å²) in [4.78, 5) is 37.2. The van der Waals surface area contributed by atoms with Gasteiger partial charge in [-0.3, -0.25) is 4.79 Å². The molecule has 7 nitrogen and oxygen atoms in total. The molecule has 0 amide bonds. The van der Waals surface area contributed by atoms with Crippen LogP contribution in [0, 0.1) is 5.82 Å². The highest BCUT2D eigenvalue weighted by molar-refractivity contribution is 5.92. The third kappa shape index (κ3) is 5.83. The molecule has 0 fully saturated rings. The molecule has 0 spiro atoms. The van der Waals surface area contributed by atoms with Crippen LogP contribution in [0.3, 0.4) is 0 Å². The molecular formula is C27H18F4O7. The molecule has 0 aliphatic rings. The predicted octanol–water partition coefficient (Wildman–Crippen LogP) is 6.53. The van der Waals surface area contributed by atoms with Crippen LogP contribution >= 0.6 is 0 Å². The standard InChI is InChI=1S/C27H18F4O7/c1-2-12-35-25(33)15-6-8-18(9-7-15)36-23-22(32)20-11-10-19(14-21(20)38-24(23)27(29,30)31)37-26(34)16-4-3-5-17(28)13-16/h3-11,13-14H,2,12H2,1H3. The topological polar surface area (TPSA) is 92.0 Å². The minimum absolute atomic E-state index is 0.129. The molecule has 1 heterocycles. The van der Waals surface area contributed by atoms with Gasteiger partial charge in [-0.1, -0.05) is 13.0 Å². The normalized spacial score (nSPS) is 11.3. The highest BCUT2D eigenvalue weighted by atomic mass is 19.4. The molecule has 4 aromatic rings. The van der Waals surface area contributed by atoms with Crippen LogP contribution in [0.2, 0.25) is 0 Å². The van der Waals surface area contributed by atoms with Crippen LogP contribution in [0.4, 0.5) is 17.6 Å². The SMILES string of the molecule is CCCOC(=O)c1ccc(Oc2c(C(F)(F)F)oc3cc(OC(=O)c4cccc(F)c4)ccc3c2=O)cc1. The van der Waals surface area contributed by atoms with Gasteiger partial charge in [0, 0.05) is 6.07 Å². The van der Waals surface area contributed by atoms with E-state index in [0.29, 0.717) is 6.42 Å². The summed E-state index contributed by atoms with van der Waals surface area (Å²) < 4.78 is 75.2. The summed E-state index contributed by atoms with van der Waals surface area (Å²) in [6.45, 7) is 2.02. The van der Waals surface area contributed by atoms with E-state index in [9.17, 15) is 31.9 Å². The summed E-state index contributed by atoms with van der Waals surface area (Å²) >= 11 is 0. The van der Waals surface area contributed by atoms with E-state index in [2.05, 4.69) is 0 Å². The van der Waals surface area contributed by atoms with Crippen LogP contribution in [0.1, 0.15) is 39.8 Å². The summed E-state index contributed by atoms with van der Waals surface area (Å²) in [5.41, 5.74) is -1.63. The van der Waals surface area contributed by atoms with Gasteiger partial charge in [0.2, 0.25) is 11.2 Å². The summed E-state index contributed by atoms with van der Waals surface area (Å²) in [5.74, 6) is -5.49. The average Bonchev–Trinajstić information content (AvgIpc) is 2.88. The number of alkyl halides is 3. The Labute approximate surface area is 212 Å². The van der Waals surface area contributed by atoms with Crippen LogP contribution < -0.4 is 14.9 Å². The van der Waals surface area contributed by atoms with Gasteiger partial charge in [-0.05, 0) is 61.0 Å². The summed E-state index contributed by atoms with van der Waals surface area (Å²) in [5, 5.41) is -0.279. The molecule has 0 aliphatic carbocycles. The zero-order chi connectivity index (χ0) is 27.4. The monoisotopic (exact) mass is 530 g/mol. The van der Waals surface area contributed by atoms with Gasteiger partial charge < -0.3 is 18.6 Å². The largest absolute Gasteiger partial charge is 0.462 e. The molecule has 0 radical (unpaired) electrons. The number of carbonyl (C=O) groups is 2. The van der Waals surface area contributed by atoms with E-state index in [0.717, 1.165) is 24.3 Å². The van der Waals surface area contributed by atoms with Gasteiger partial charge in [0.1, 0.15) is 22.9 Å². The van der Waals surface area contributed by atoms with Gasteiger partial charge in [-0.2, -0.15) is 13.2 Å². The Morgan fingerprint density at radius 3 is 2.26 bits per heavy atom. The Kier molecular flexibility index (Phi) is 7.47. The molecule has 0 bridgehead atoms. The fourth-order valence-electron chi connectivity index (χ4n) is 3.34. The summed E-state index contributed by atoms with van der Waals surface area (Å²) in [7, 11) is 0. The number of ether oxygens (including phenoxy) is 3. The number of carbonyl (C=O) groups excluding carboxylic acids is 2. The van der Waals surface area contributed by atoms with Crippen molar-refractivity contribution in [3.05, 3.63) is 99.7 Å². The van der Waals surface area contributed by atoms with Crippen LogP contribution in [0.5, 0.6) is 17.2 Å². The van der Waals surface area contributed by atoms with Crippen LogP contribution in [0.15, 0.2) is 75.9 Å². The second kappa shape index (κ2) is 10.8. The second-order valence-corrected chi connectivity index (χ2v) is 7.91. The smallest absolute Gasteiger partial charge is 0.453 e. The van der Waals surface area contributed by atoms with Crippen molar-refractivity contribution in [3.63, 3.8) is 0 Å². The van der Waals surface area contributed by atoms with Crippen LogP contribution in [-0.4, -0.2) is 18.5 Å². The van der Waals surface area contributed by atoms with Crippen molar-refractivity contribution >= 4 is 22.9 Å². The fraction of sp³-hybridized carbons (Fsp3) is 0.148. The maximum Gasteiger partial charge on any atom is 0.453 e. The van der Waals surface area contributed by atoms with E-state index in [1.807, 2.05) is 6.92 Å². The number of esters is 2. The van der Waals surface area contributed by atoms with Gasteiger partial charge in [0.05, 0.1) is 23.1 Å². The highest BCUT2D eigenvalue weighted by Gasteiger charge is 2.40. The van der Waals surface area contributed by atoms with Gasteiger partial charge in [0.25, 0.3) is 5.76 Å². The van der Waals surface area contributed by atoms with Crippen molar-refractivity contribution in [2.24, 2.45) is 0 Å². The van der Waals surface area contributed by atoms with E-state index >= 15 is 0 Å². The van der Waals surface area contributed by atoms with Gasteiger partial charge in [-0.15, -0.1) is 0 Å². The number of hydrogen-bond donors (Lipinski definition) is 0. The Hall–Kier alpha value is -4.67. The molecular weight excluding hydrogens is 512 g/mol. The van der Waals surface area contributed by atoms with Crippen molar-refractivity contribution < 1.29 is 45.8 Å². The highest BCUT2D eigenvalue weighted by Crippen LogP contribution is 2.38. The van der Waals surface area contributed by atoms with Gasteiger partial charge in [0.15, 0.2) is 0 Å². The minimum atomic E-state index is -5.12. The first kappa shape index (κ1) is 26.4. The molecule has 3 aromatic carbocycles. The molecule has 0 unspecified atom stereocenters. The molecule has 4 rings (SSSR count). The summed E-state index contributed by atoms with van der Waals surface area (Å²) in [6.07, 6.45) is -4.51. The molecule has 11 heteroatoms. The molecule has 0 aliphatic heterocycles. The van der Waals surface area contributed by atoms with Crippen molar-refractivity contribution in [1.29, 1.82) is 0 Å². The molecule has 196 valence electrons. The maximum atomic E-state index is 13.8. The fourth-order valence-corrected chi connectivity index (χ4v) is 3.34. The Bertz CT molecular complexity index is 1560. The zero-order valence-electron chi connectivity index (χ0n) is 19.6. The minimum Gasteiger partial charge on any atom is -0.462 e. The van der Waals surface area contributed by atoms with Crippen molar-refractivity contribution in [2.45, 2.75) is 19.5 Å². The number of halogens is 4. The predicted molar refractivity (Wildman–Crippen MR) is 126 cm³/mol. The van der Waals surface area contributed by atoms with E-state index in [4.69, 9.17) is 18.6 Å². The molecule has 1 aromatic heterocycles. The lowest BCUT2D eigenvalue weighted by atomic mass is 10.2. The first-order chi connectivity index (χ1) is 18.1. The van der Waals surface area contributed by atoms with E-state index < -0.39 is 46.5 Å². The number of rotatable bonds is 7. The van der Waals surface area contributed by atoms with E-state index in [1.54, 1.807) is 0 Å². The van der Waals surface area contributed by atoms with Crippen molar-refractivity contribution in [2.75, 3.05) is 6.61 Å². The lowest BCUT2D eigenvalue weighted by molar-refractivity contribution is -0.154. The van der Waals surface area contributed by atoms with E-state index in [1.165, 1.54) is 42.5 Å². The Morgan fingerprint density at radius 1 is 0.895 bits per heavy atom. The molecule has 0 atom stereocenters. The number of benzene rings is 3. The third-order valence-corrected chi connectivity index (χ3v) is 5.10. The zero-order valence-corrected chi connectivity index (χ0v) is 19.6. The van der Waals surface area contributed by atoms with Crippen LogP contribution in [0.25, 0.3) is 11.0 Å². The molecule has 0 saturated heterocycles. The first-order valence-electron chi connectivity index (χ1n) is 11.2. The Morgan fingerprint density at radius 2 is 1.61 bits per heavy atom. The molecule has 0 N–H and O–H groups in total. The number of fused-ring (bicyclic) bond motifs is 1. The lowest BCUT2D eigenvalue weighted by Gasteiger charge is -2.14. The quantitative estimate of drug-likeness (QED) is 0.152. The summed E-state index contributed by atoms with van der Waals surface area (Å²) in [6, 6.07) is 12.8. The maximum absolute atomic E-state index is 13.8. The third-order valence-electron chi connectivity index (χ3n) is 5.10. The van der Waals surface area contributed by atoms with Gasteiger partial charge in [-0.25, -0.2) is 14.0 Å².